The van der Waals surface area contributed by atoms with Crippen molar-refractivity contribution in [1.29, 1.82) is 5.26 Å². The standard InChI is InChI=1S/C23H25N3O2/c1-21(2)11-15(5-8-28-21)20(27)26-19-10-17-9-18(4-3-16(17)12-25-19)23(14-24)13-22(23)6-7-22/h3-4,9-10,12,15H,5-8,11,13H2,1-2H3,(H,25,26,27)/t15-,23-/m0/s1. The molecule has 2 aliphatic carbocycles. The molecule has 1 aromatic heterocycles. The van der Waals surface area contributed by atoms with E-state index in [4.69, 9.17) is 4.74 Å². The van der Waals surface area contributed by atoms with E-state index in [1.54, 1.807) is 6.20 Å². The number of amides is 1. The number of fused-ring (bicyclic) bond motifs is 1. The van der Waals surface area contributed by atoms with Gasteiger partial charge >= 0.3 is 0 Å². The highest BCUT2D eigenvalue weighted by molar-refractivity contribution is 5.94. The van der Waals surface area contributed by atoms with Crippen molar-refractivity contribution in [1.82, 2.24) is 4.98 Å². The molecular weight excluding hydrogens is 350 g/mol. The van der Waals surface area contributed by atoms with Crippen LogP contribution < -0.4 is 5.32 Å². The van der Waals surface area contributed by atoms with Crippen LogP contribution in [0, 0.1) is 22.7 Å². The lowest BCUT2D eigenvalue weighted by atomic mass is 9.88. The van der Waals surface area contributed by atoms with E-state index in [9.17, 15) is 10.1 Å². The fraction of sp³-hybridized carbons (Fsp3) is 0.522. The fourth-order valence-electron chi connectivity index (χ4n) is 5.01. The first-order chi connectivity index (χ1) is 13.4. The number of hydrogen-bond acceptors (Lipinski definition) is 4. The van der Waals surface area contributed by atoms with Crippen LogP contribution >= 0.6 is 0 Å². The van der Waals surface area contributed by atoms with Crippen molar-refractivity contribution in [3.05, 3.63) is 36.0 Å². The van der Waals surface area contributed by atoms with Crippen LogP contribution in [0.3, 0.4) is 0 Å². The summed E-state index contributed by atoms with van der Waals surface area (Å²) >= 11 is 0. The number of pyridine rings is 1. The molecule has 5 heteroatoms. The molecule has 1 saturated heterocycles. The second-order valence-electron chi connectivity index (χ2n) is 9.39. The van der Waals surface area contributed by atoms with Crippen molar-refractivity contribution in [2.45, 2.75) is 57.0 Å². The number of carbonyl (C=O) groups excluding carboxylic acids is 1. The number of carbonyl (C=O) groups is 1. The first-order valence-corrected chi connectivity index (χ1v) is 10.1. The molecule has 2 atom stereocenters. The largest absolute Gasteiger partial charge is 0.376 e. The summed E-state index contributed by atoms with van der Waals surface area (Å²) in [5, 5.41) is 14.8. The van der Waals surface area contributed by atoms with Crippen LogP contribution in [0.1, 0.15) is 51.5 Å². The zero-order valence-electron chi connectivity index (χ0n) is 16.4. The quantitative estimate of drug-likeness (QED) is 0.867. The highest BCUT2D eigenvalue weighted by Crippen LogP contribution is 2.78. The molecule has 28 heavy (non-hydrogen) atoms. The van der Waals surface area contributed by atoms with Crippen molar-refractivity contribution >= 4 is 22.5 Å². The second-order valence-corrected chi connectivity index (χ2v) is 9.39. The number of nitrogens with one attached hydrogen (secondary N) is 1. The number of ether oxygens (including phenoxy) is 1. The van der Waals surface area contributed by atoms with E-state index in [2.05, 4.69) is 28.5 Å². The van der Waals surface area contributed by atoms with Gasteiger partial charge in [-0.2, -0.15) is 5.26 Å². The minimum atomic E-state index is -0.304. The third-order valence-electron chi connectivity index (χ3n) is 6.96. The molecule has 5 nitrogen and oxygen atoms in total. The number of nitrogens with zero attached hydrogens (tertiary/aromatic N) is 2. The summed E-state index contributed by atoms with van der Waals surface area (Å²) in [6.45, 7) is 4.66. The van der Waals surface area contributed by atoms with Gasteiger partial charge in [0.25, 0.3) is 0 Å². The minimum absolute atomic E-state index is 0.00648. The third-order valence-corrected chi connectivity index (χ3v) is 6.96. The Morgan fingerprint density at radius 2 is 2.11 bits per heavy atom. The molecule has 2 heterocycles. The fourth-order valence-corrected chi connectivity index (χ4v) is 5.01. The van der Waals surface area contributed by atoms with Gasteiger partial charge in [-0.3, -0.25) is 4.79 Å². The van der Waals surface area contributed by atoms with Gasteiger partial charge in [0, 0.05) is 24.1 Å². The Morgan fingerprint density at radius 1 is 1.29 bits per heavy atom. The third kappa shape index (κ3) is 2.70. The predicted molar refractivity (Wildman–Crippen MR) is 107 cm³/mol. The smallest absolute Gasteiger partial charge is 0.228 e. The number of rotatable bonds is 3. The maximum atomic E-state index is 12.7. The number of benzene rings is 1. The van der Waals surface area contributed by atoms with Gasteiger partial charge < -0.3 is 10.1 Å². The molecule has 1 aromatic carbocycles. The molecule has 0 bridgehead atoms. The SMILES string of the molecule is CC1(C)C[C@@H](C(=O)Nc2cc3cc([C@@]4(C#N)CC45CC5)ccc3cn2)CCO1. The van der Waals surface area contributed by atoms with Gasteiger partial charge in [0.05, 0.1) is 17.1 Å². The molecule has 2 aromatic rings. The van der Waals surface area contributed by atoms with Crippen LogP contribution in [0.25, 0.3) is 10.8 Å². The molecular formula is C23H25N3O2. The van der Waals surface area contributed by atoms with E-state index in [1.165, 1.54) is 0 Å². The van der Waals surface area contributed by atoms with Crippen molar-refractivity contribution in [2.75, 3.05) is 11.9 Å². The molecule has 0 unspecified atom stereocenters. The first-order valence-electron chi connectivity index (χ1n) is 10.1. The molecule has 1 amide bonds. The molecule has 3 fully saturated rings. The minimum Gasteiger partial charge on any atom is -0.376 e. The summed E-state index contributed by atoms with van der Waals surface area (Å²) in [4.78, 5) is 17.1. The van der Waals surface area contributed by atoms with Crippen LogP contribution in [-0.2, 0) is 14.9 Å². The zero-order valence-corrected chi connectivity index (χ0v) is 16.4. The van der Waals surface area contributed by atoms with Gasteiger partial charge in [-0.05, 0) is 74.4 Å². The molecule has 144 valence electrons. The van der Waals surface area contributed by atoms with Gasteiger partial charge in [-0.1, -0.05) is 12.1 Å². The van der Waals surface area contributed by atoms with Gasteiger partial charge in [-0.15, -0.1) is 0 Å². The van der Waals surface area contributed by atoms with E-state index in [0.717, 1.165) is 42.0 Å². The topological polar surface area (TPSA) is 75.0 Å². The van der Waals surface area contributed by atoms with Crippen LogP contribution in [-0.4, -0.2) is 23.1 Å². The monoisotopic (exact) mass is 375 g/mol. The van der Waals surface area contributed by atoms with E-state index >= 15 is 0 Å². The Morgan fingerprint density at radius 3 is 2.79 bits per heavy atom. The number of nitriles is 1. The Bertz CT molecular complexity index is 1020. The predicted octanol–water partition coefficient (Wildman–Crippen LogP) is 4.32. The lowest BCUT2D eigenvalue weighted by molar-refractivity contribution is -0.130. The van der Waals surface area contributed by atoms with E-state index < -0.39 is 0 Å². The van der Waals surface area contributed by atoms with Crippen LogP contribution in [0.15, 0.2) is 30.5 Å². The average Bonchev–Trinajstić information content (AvgIpc) is 3.58. The molecule has 2 saturated carbocycles. The molecule has 1 aliphatic heterocycles. The Hall–Kier alpha value is -2.45. The van der Waals surface area contributed by atoms with E-state index in [-0.39, 0.29) is 28.3 Å². The maximum Gasteiger partial charge on any atom is 0.228 e. The molecule has 1 N–H and O–H groups in total. The molecule has 3 aliphatic rings. The Kier molecular flexibility index (Phi) is 3.64. The van der Waals surface area contributed by atoms with Crippen molar-refractivity contribution in [3.8, 4) is 6.07 Å². The van der Waals surface area contributed by atoms with E-state index in [0.29, 0.717) is 18.8 Å². The summed E-state index contributed by atoms with van der Waals surface area (Å²) in [6, 6.07) is 10.7. The second kappa shape index (κ2) is 5.78. The number of anilines is 1. The molecule has 5 rings (SSSR count). The Labute approximate surface area is 165 Å². The highest BCUT2D eigenvalue weighted by Gasteiger charge is 2.75. The Balaban J connectivity index is 1.39. The highest BCUT2D eigenvalue weighted by atomic mass is 16.5. The van der Waals surface area contributed by atoms with Crippen molar-refractivity contribution in [2.24, 2.45) is 11.3 Å². The zero-order chi connectivity index (χ0) is 19.6. The summed E-state index contributed by atoms with van der Waals surface area (Å²) in [5.74, 6) is 0.518. The van der Waals surface area contributed by atoms with Gasteiger partial charge in [0.2, 0.25) is 5.91 Å². The maximum absolute atomic E-state index is 12.7. The van der Waals surface area contributed by atoms with Crippen LogP contribution in [0.4, 0.5) is 5.82 Å². The summed E-state index contributed by atoms with van der Waals surface area (Å²) in [5.41, 5.74) is 0.784. The normalized spacial score (nSPS) is 29.2. The first kappa shape index (κ1) is 17.6. The summed E-state index contributed by atoms with van der Waals surface area (Å²) in [7, 11) is 0. The molecule has 0 radical (unpaired) electrons. The summed E-state index contributed by atoms with van der Waals surface area (Å²) < 4.78 is 5.72. The van der Waals surface area contributed by atoms with Gasteiger partial charge in [0.1, 0.15) is 5.82 Å². The number of hydrogen-bond donors (Lipinski definition) is 1. The lowest BCUT2D eigenvalue weighted by Gasteiger charge is -2.34. The van der Waals surface area contributed by atoms with Crippen molar-refractivity contribution in [3.63, 3.8) is 0 Å². The lowest BCUT2D eigenvalue weighted by Crippen LogP contribution is -2.39. The van der Waals surface area contributed by atoms with Crippen LogP contribution in [0.5, 0.6) is 0 Å². The van der Waals surface area contributed by atoms with Crippen LogP contribution in [0.2, 0.25) is 0 Å². The summed E-state index contributed by atoms with van der Waals surface area (Å²) in [6.07, 6.45) is 6.55. The van der Waals surface area contributed by atoms with Gasteiger partial charge in [0.15, 0.2) is 0 Å². The van der Waals surface area contributed by atoms with Crippen molar-refractivity contribution < 1.29 is 9.53 Å². The van der Waals surface area contributed by atoms with E-state index in [1.807, 2.05) is 26.0 Å². The number of aromatic nitrogens is 1. The van der Waals surface area contributed by atoms with Gasteiger partial charge in [-0.25, -0.2) is 4.98 Å². The molecule has 1 spiro atoms. The average molecular weight is 375 g/mol.